The van der Waals surface area contributed by atoms with Gasteiger partial charge in [-0.3, -0.25) is 4.90 Å². The van der Waals surface area contributed by atoms with Crippen LogP contribution in [0, 0.1) is 5.82 Å². The second-order valence-electron chi connectivity index (χ2n) is 4.93. The predicted molar refractivity (Wildman–Crippen MR) is 68.0 cm³/mol. The topological polar surface area (TPSA) is 29.3 Å². The summed E-state index contributed by atoms with van der Waals surface area (Å²) in [5.74, 6) is -0.165. The van der Waals surface area contributed by atoms with Crippen LogP contribution in [0.15, 0.2) is 18.2 Å². The Bertz CT molecular complexity index is 378. The number of halogens is 1. The van der Waals surface area contributed by atoms with Gasteiger partial charge < -0.3 is 5.73 Å². The van der Waals surface area contributed by atoms with Crippen LogP contribution in [-0.4, -0.2) is 17.5 Å². The first-order valence-electron chi connectivity index (χ1n) is 6.42. The van der Waals surface area contributed by atoms with Crippen LogP contribution in [0.4, 0.5) is 4.39 Å². The molecule has 0 saturated carbocycles. The van der Waals surface area contributed by atoms with Crippen molar-refractivity contribution in [3.05, 3.63) is 35.1 Å². The molecule has 1 unspecified atom stereocenters. The van der Waals surface area contributed by atoms with Crippen LogP contribution >= 0.6 is 0 Å². The molecule has 17 heavy (non-hydrogen) atoms. The van der Waals surface area contributed by atoms with Gasteiger partial charge in [-0.15, -0.1) is 0 Å². The third kappa shape index (κ3) is 3.05. The summed E-state index contributed by atoms with van der Waals surface area (Å²) in [4.78, 5) is 2.43. The lowest BCUT2D eigenvalue weighted by Gasteiger charge is -2.33. The molecular weight excluding hydrogens is 215 g/mol. The highest BCUT2D eigenvalue weighted by molar-refractivity contribution is 5.27. The van der Waals surface area contributed by atoms with E-state index in [1.54, 1.807) is 12.1 Å². The molecule has 1 aliphatic heterocycles. The zero-order chi connectivity index (χ0) is 12.3. The van der Waals surface area contributed by atoms with Crippen LogP contribution in [-0.2, 0) is 13.1 Å². The van der Waals surface area contributed by atoms with Crippen molar-refractivity contribution in [2.75, 3.05) is 6.54 Å². The quantitative estimate of drug-likeness (QED) is 0.874. The van der Waals surface area contributed by atoms with E-state index in [0.717, 1.165) is 24.2 Å². The molecule has 0 spiro atoms. The molecule has 1 saturated heterocycles. The molecule has 0 radical (unpaired) electrons. The second-order valence-corrected chi connectivity index (χ2v) is 4.93. The predicted octanol–water partition coefficient (Wildman–Crippen LogP) is 2.66. The van der Waals surface area contributed by atoms with Gasteiger partial charge in [0.25, 0.3) is 0 Å². The Morgan fingerprint density at radius 3 is 2.88 bits per heavy atom. The van der Waals surface area contributed by atoms with E-state index in [0.29, 0.717) is 12.6 Å². The van der Waals surface area contributed by atoms with E-state index in [9.17, 15) is 4.39 Å². The summed E-state index contributed by atoms with van der Waals surface area (Å²) < 4.78 is 13.3. The van der Waals surface area contributed by atoms with E-state index in [1.807, 2.05) is 0 Å². The van der Waals surface area contributed by atoms with Crippen LogP contribution in [0.2, 0.25) is 0 Å². The summed E-state index contributed by atoms with van der Waals surface area (Å²) in [6, 6.07) is 5.52. The Hall–Kier alpha value is -0.930. The molecule has 0 aliphatic carbocycles. The molecule has 1 fully saturated rings. The highest BCUT2D eigenvalue weighted by atomic mass is 19.1. The molecule has 2 rings (SSSR count). The molecule has 0 amide bonds. The summed E-state index contributed by atoms with van der Waals surface area (Å²) in [6.45, 7) is 4.67. The number of rotatable bonds is 3. The van der Waals surface area contributed by atoms with Crippen LogP contribution < -0.4 is 5.73 Å². The van der Waals surface area contributed by atoms with Crippen molar-refractivity contribution in [3.63, 3.8) is 0 Å². The van der Waals surface area contributed by atoms with Crippen molar-refractivity contribution in [2.24, 2.45) is 5.73 Å². The maximum absolute atomic E-state index is 13.3. The number of likely N-dealkylation sites (tertiary alicyclic amines) is 1. The molecule has 0 bridgehead atoms. The highest BCUT2D eigenvalue weighted by Crippen LogP contribution is 2.21. The standard InChI is InChI=1S/C14H21FN2/c1-11-4-2-3-7-17(11)10-13-8-14(15)6-5-12(13)9-16/h5-6,8,11H,2-4,7,9-10,16H2,1H3. The third-order valence-corrected chi connectivity index (χ3v) is 3.70. The summed E-state index contributed by atoms with van der Waals surface area (Å²) in [5.41, 5.74) is 7.80. The Balaban J connectivity index is 2.13. The Kier molecular flexibility index (Phi) is 4.13. The zero-order valence-corrected chi connectivity index (χ0v) is 10.5. The van der Waals surface area contributed by atoms with Gasteiger partial charge in [0.1, 0.15) is 5.82 Å². The summed E-state index contributed by atoms with van der Waals surface area (Å²) >= 11 is 0. The SMILES string of the molecule is CC1CCCCN1Cc1cc(F)ccc1CN. The first kappa shape index (κ1) is 12.5. The average molecular weight is 236 g/mol. The molecule has 1 aliphatic rings. The van der Waals surface area contributed by atoms with Gasteiger partial charge in [-0.25, -0.2) is 4.39 Å². The lowest BCUT2D eigenvalue weighted by Crippen LogP contribution is -2.37. The van der Waals surface area contributed by atoms with E-state index in [-0.39, 0.29) is 5.82 Å². The molecule has 2 N–H and O–H groups in total. The molecule has 1 atom stereocenters. The summed E-state index contributed by atoms with van der Waals surface area (Å²) in [7, 11) is 0. The van der Waals surface area contributed by atoms with Crippen LogP contribution in [0.3, 0.4) is 0 Å². The van der Waals surface area contributed by atoms with Crippen molar-refractivity contribution in [2.45, 2.75) is 45.3 Å². The van der Waals surface area contributed by atoms with Crippen molar-refractivity contribution >= 4 is 0 Å². The zero-order valence-electron chi connectivity index (χ0n) is 10.5. The monoisotopic (exact) mass is 236 g/mol. The van der Waals surface area contributed by atoms with Crippen LogP contribution in [0.25, 0.3) is 0 Å². The van der Waals surface area contributed by atoms with Crippen LogP contribution in [0.5, 0.6) is 0 Å². The van der Waals surface area contributed by atoms with E-state index in [1.165, 1.54) is 25.3 Å². The minimum absolute atomic E-state index is 0.165. The highest BCUT2D eigenvalue weighted by Gasteiger charge is 2.19. The third-order valence-electron chi connectivity index (χ3n) is 3.70. The normalized spacial score (nSPS) is 21.7. The van der Waals surface area contributed by atoms with Gasteiger partial charge in [0.2, 0.25) is 0 Å². The fourth-order valence-electron chi connectivity index (χ4n) is 2.55. The van der Waals surface area contributed by atoms with Gasteiger partial charge in [-0.2, -0.15) is 0 Å². The first-order chi connectivity index (χ1) is 8.20. The van der Waals surface area contributed by atoms with Gasteiger partial charge in [-0.05, 0) is 49.6 Å². The molecule has 1 aromatic rings. The van der Waals surface area contributed by atoms with Crippen molar-refractivity contribution in [3.8, 4) is 0 Å². The number of nitrogens with two attached hydrogens (primary N) is 1. The van der Waals surface area contributed by atoms with E-state index >= 15 is 0 Å². The smallest absolute Gasteiger partial charge is 0.123 e. The largest absolute Gasteiger partial charge is 0.326 e. The van der Waals surface area contributed by atoms with E-state index in [2.05, 4.69) is 11.8 Å². The Labute approximate surface area is 103 Å². The number of hydrogen-bond acceptors (Lipinski definition) is 2. The summed E-state index contributed by atoms with van der Waals surface area (Å²) in [6.07, 6.45) is 3.80. The minimum atomic E-state index is -0.165. The maximum atomic E-state index is 13.3. The van der Waals surface area contributed by atoms with Gasteiger partial charge >= 0.3 is 0 Å². The lowest BCUT2D eigenvalue weighted by atomic mass is 10.0. The Morgan fingerprint density at radius 1 is 1.35 bits per heavy atom. The average Bonchev–Trinajstić information content (AvgIpc) is 2.32. The fraction of sp³-hybridized carbons (Fsp3) is 0.571. The molecule has 94 valence electrons. The lowest BCUT2D eigenvalue weighted by molar-refractivity contribution is 0.152. The molecular formula is C14H21FN2. The number of hydrogen-bond donors (Lipinski definition) is 1. The number of benzene rings is 1. The molecule has 0 aromatic heterocycles. The second kappa shape index (κ2) is 5.61. The number of nitrogens with zero attached hydrogens (tertiary/aromatic N) is 1. The molecule has 1 aromatic carbocycles. The van der Waals surface area contributed by atoms with Gasteiger partial charge in [0.05, 0.1) is 0 Å². The van der Waals surface area contributed by atoms with Gasteiger partial charge in [0.15, 0.2) is 0 Å². The molecule has 2 nitrogen and oxygen atoms in total. The van der Waals surface area contributed by atoms with Gasteiger partial charge in [-0.1, -0.05) is 12.5 Å². The molecule has 1 heterocycles. The molecule has 3 heteroatoms. The van der Waals surface area contributed by atoms with Crippen molar-refractivity contribution in [1.82, 2.24) is 4.90 Å². The van der Waals surface area contributed by atoms with Crippen molar-refractivity contribution < 1.29 is 4.39 Å². The van der Waals surface area contributed by atoms with Crippen LogP contribution in [0.1, 0.15) is 37.3 Å². The summed E-state index contributed by atoms with van der Waals surface area (Å²) in [5, 5.41) is 0. The van der Waals surface area contributed by atoms with E-state index in [4.69, 9.17) is 5.73 Å². The van der Waals surface area contributed by atoms with Crippen molar-refractivity contribution in [1.29, 1.82) is 0 Å². The maximum Gasteiger partial charge on any atom is 0.123 e. The Morgan fingerprint density at radius 2 is 2.18 bits per heavy atom. The van der Waals surface area contributed by atoms with Gasteiger partial charge in [0, 0.05) is 19.1 Å². The van der Waals surface area contributed by atoms with E-state index < -0.39 is 0 Å². The number of piperidine rings is 1. The minimum Gasteiger partial charge on any atom is -0.326 e. The first-order valence-corrected chi connectivity index (χ1v) is 6.42. The fourth-order valence-corrected chi connectivity index (χ4v) is 2.55.